The van der Waals surface area contributed by atoms with Crippen LogP contribution < -0.4 is 10.0 Å². The zero-order chi connectivity index (χ0) is 22.4. The lowest BCUT2D eigenvalue weighted by Crippen LogP contribution is -2.48. The second kappa shape index (κ2) is 9.85. The van der Waals surface area contributed by atoms with Crippen molar-refractivity contribution < 1.29 is 17.6 Å². The van der Waals surface area contributed by atoms with Crippen LogP contribution >= 0.6 is 0 Å². The van der Waals surface area contributed by atoms with E-state index in [-0.39, 0.29) is 17.1 Å². The van der Waals surface area contributed by atoms with Crippen LogP contribution in [0.1, 0.15) is 29.7 Å². The molecule has 162 valence electrons. The monoisotopic (exact) mass is 440 g/mol. The highest BCUT2D eigenvalue weighted by Crippen LogP contribution is 2.16. The molecular formula is C24H25FN2O3S. The molecule has 2 N–H and O–H groups in total. The molecule has 0 fully saturated rings. The van der Waals surface area contributed by atoms with Gasteiger partial charge in [0.25, 0.3) is 0 Å². The van der Waals surface area contributed by atoms with Crippen molar-refractivity contribution >= 4 is 15.9 Å². The van der Waals surface area contributed by atoms with E-state index < -0.39 is 28.0 Å². The molecule has 3 aromatic rings. The van der Waals surface area contributed by atoms with Gasteiger partial charge < -0.3 is 5.32 Å². The first kappa shape index (κ1) is 22.7. The predicted octanol–water partition coefficient (Wildman–Crippen LogP) is 3.90. The SMILES string of the molecule is Cc1ccc(S(=O)(=O)N[C@@H](Cc2ccccc2)C(=O)N[C@H](C)c2ccc(F)cc2)cc1. The maximum Gasteiger partial charge on any atom is 0.241 e. The fourth-order valence-corrected chi connectivity index (χ4v) is 4.35. The highest BCUT2D eigenvalue weighted by atomic mass is 32.2. The Labute approximate surface area is 182 Å². The highest BCUT2D eigenvalue weighted by molar-refractivity contribution is 7.89. The van der Waals surface area contributed by atoms with Gasteiger partial charge in [0.1, 0.15) is 11.9 Å². The summed E-state index contributed by atoms with van der Waals surface area (Å²) in [5.41, 5.74) is 2.48. The van der Waals surface area contributed by atoms with Gasteiger partial charge in [0.2, 0.25) is 15.9 Å². The molecule has 3 aromatic carbocycles. The van der Waals surface area contributed by atoms with Crippen LogP contribution in [0.25, 0.3) is 0 Å². The smallest absolute Gasteiger partial charge is 0.241 e. The first-order valence-corrected chi connectivity index (χ1v) is 11.4. The Morgan fingerprint density at radius 3 is 2.16 bits per heavy atom. The van der Waals surface area contributed by atoms with Gasteiger partial charge in [-0.1, -0.05) is 60.2 Å². The minimum absolute atomic E-state index is 0.0931. The second-order valence-corrected chi connectivity index (χ2v) is 9.17. The van der Waals surface area contributed by atoms with E-state index in [1.54, 1.807) is 31.2 Å². The van der Waals surface area contributed by atoms with E-state index in [0.29, 0.717) is 0 Å². The molecule has 31 heavy (non-hydrogen) atoms. The van der Waals surface area contributed by atoms with Crippen molar-refractivity contribution in [1.29, 1.82) is 0 Å². The fraction of sp³-hybridized carbons (Fsp3) is 0.208. The number of aryl methyl sites for hydroxylation is 1. The summed E-state index contributed by atoms with van der Waals surface area (Å²) in [5, 5.41) is 2.83. The largest absolute Gasteiger partial charge is 0.348 e. The molecule has 5 nitrogen and oxygen atoms in total. The number of hydrogen-bond acceptors (Lipinski definition) is 3. The summed E-state index contributed by atoms with van der Waals surface area (Å²) in [5.74, 6) is -0.827. The van der Waals surface area contributed by atoms with Crippen LogP contribution in [0.2, 0.25) is 0 Å². The number of carbonyl (C=O) groups excluding carboxylic acids is 1. The second-order valence-electron chi connectivity index (χ2n) is 7.46. The first-order valence-electron chi connectivity index (χ1n) is 9.93. The predicted molar refractivity (Wildman–Crippen MR) is 118 cm³/mol. The summed E-state index contributed by atoms with van der Waals surface area (Å²) in [4.78, 5) is 13.1. The van der Waals surface area contributed by atoms with Crippen molar-refractivity contribution in [2.75, 3.05) is 0 Å². The zero-order valence-corrected chi connectivity index (χ0v) is 18.2. The number of benzene rings is 3. The summed E-state index contributed by atoms with van der Waals surface area (Å²) in [6, 6.07) is 20.0. The van der Waals surface area contributed by atoms with Gasteiger partial charge in [-0.25, -0.2) is 12.8 Å². The summed E-state index contributed by atoms with van der Waals surface area (Å²) >= 11 is 0. The molecular weight excluding hydrogens is 415 g/mol. The van der Waals surface area contributed by atoms with Crippen LogP contribution in [-0.2, 0) is 21.2 Å². The van der Waals surface area contributed by atoms with Gasteiger partial charge in [-0.2, -0.15) is 4.72 Å². The third kappa shape index (κ3) is 6.23. The van der Waals surface area contributed by atoms with Crippen LogP contribution in [0.3, 0.4) is 0 Å². The molecule has 0 unspecified atom stereocenters. The molecule has 0 aliphatic carbocycles. The summed E-state index contributed by atoms with van der Waals surface area (Å²) in [7, 11) is -3.91. The van der Waals surface area contributed by atoms with Crippen LogP contribution in [-0.4, -0.2) is 20.4 Å². The van der Waals surface area contributed by atoms with E-state index in [4.69, 9.17) is 0 Å². The average Bonchev–Trinajstić information content (AvgIpc) is 2.74. The Balaban J connectivity index is 1.82. The van der Waals surface area contributed by atoms with E-state index in [0.717, 1.165) is 16.7 Å². The van der Waals surface area contributed by atoms with Crippen molar-refractivity contribution in [3.05, 3.63) is 101 Å². The van der Waals surface area contributed by atoms with Crippen molar-refractivity contribution in [2.24, 2.45) is 0 Å². The van der Waals surface area contributed by atoms with Gasteiger partial charge in [-0.05, 0) is 55.7 Å². The normalized spacial score (nSPS) is 13.4. The Morgan fingerprint density at radius 1 is 0.935 bits per heavy atom. The molecule has 0 radical (unpaired) electrons. The molecule has 0 saturated carbocycles. The van der Waals surface area contributed by atoms with Gasteiger partial charge in [0.15, 0.2) is 0 Å². The molecule has 7 heteroatoms. The van der Waals surface area contributed by atoms with E-state index in [1.807, 2.05) is 37.3 Å². The number of rotatable bonds is 8. The molecule has 0 aliphatic heterocycles. The van der Waals surface area contributed by atoms with Crippen molar-refractivity contribution in [3.63, 3.8) is 0 Å². The van der Waals surface area contributed by atoms with E-state index in [9.17, 15) is 17.6 Å². The Bertz CT molecular complexity index is 1120. The number of sulfonamides is 1. The highest BCUT2D eigenvalue weighted by Gasteiger charge is 2.27. The maximum atomic E-state index is 13.2. The molecule has 0 spiro atoms. The third-order valence-electron chi connectivity index (χ3n) is 4.96. The maximum absolute atomic E-state index is 13.2. The lowest BCUT2D eigenvalue weighted by atomic mass is 10.0. The lowest BCUT2D eigenvalue weighted by Gasteiger charge is -2.22. The number of amides is 1. The van der Waals surface area contributed by atoms with Crippen molar-refractivity contribution in [2.45, 2.75) is 37.2 Å². The topological polar surface area (TPSA) is 75.3 Å². The van der Waals surface area contributed by atoms with Crippen molar-refractivity contribution in [1.82, 2.24) is 10.0 Å². The Hall–Kier alpha value is -3.03. The van der Waals surface area contributed by atoms with Crippen LogP contribution in [0.5, 0.6) is 0 Å². The molecule has 0 aromatic heterocycles. The van der Waals surface area contributed by atoms with E-state index in [1.165, 1.54) is 24.3 Å². The van der Waals surface area contributed by atoms with Crippen LogP contribution in [0.4, 0.5) is 4.39 Å². The third-order valence-corrected chi connectivity index (χ3v) is 6.44. The van der Waals surface area contributed by atoms with Crippen molar-refractivity contribution in [3.8, 4) is 0 Å². The quantitative estimate of drug-likeness (QED) is 0.558. The van der Waals surface area contributed by atoms with Gasteiger partial charge in [-0.3, -0.25) is 4.79 Å². The van der Waals surface area contributed by atoms with Gasteiger partial charge >= 0.3 is 0 Å². The Morgan fingerprint density at radius 2 is 1.55 bits per heavy atom. The molecule has 0 bridgehead atoms. The van der Waals surface area contributed by atoms with Gasteiger partial charge in [0.05, 0.1) is 10.9 Å². The molecule has 2 atom stereocenters. The minimum Gasteiger partial charge on any atom is -0.348 e. The van der Waals surface area contributed by atoms with Gasteiger partial charge in [-0.15, -0.1) is 0 Å². The van der Waals surface area contributed by atoms with Gasteiger partial charge in [0, 0.05) is 0 Å². The average molecular weight is 441 g/mol. The number of halogens is 1. The summed E-state index contributed by atoms with van der Waals surface area (Å²) < 4.78 is 41.6. The molecule has 0 aliphatic rings. The number of hydrogen-bond donors (Lipinski definition) is 2. The number of carbonyl (C=O) groups is 1. The first-order chi connectivity index (χ1) is 14.7. The Kier molecular flexibility index (Phi) is 7.20. The number of nitrogens with one attached hydrogen (secondary N) is 2. The summed E-state index contributed by atoms with van der Waals surface area (Å²) in [6.45, 7) is 3.63. The standard InChI is InChI=1S/C24H25FN2O3S/c1-17-8-14-22(15-9-17)31(29,30)27-23(16-19-6-4-3-5-7-19)24(28)26-18(2)20-10-12-21(25)13-11-20/h3-15,18,23,27H,16H2,1-2H3,(H,26,28)/t18-,23+/m1/s1. The molecule has 0 saturated heterocycles. The molecule has 1 amide bonds. The van der Waals surface area contributed by atoms with Crippen LogP contribution in [0, 0.1) is 12.7 Å². The zero-order valence-electron chi connectivity index (χ0n) is 17.4. The minimum atomic E-state index is -3.91. The summed E-state index contributed by atoms with van der Waals surface area (Å²) in [6.07, 6.45) is 0.188. The van der Waals surface area contributed by atoms with E-state index >= 15 is 0 Å². The molecule has 0 heterocycles. The lowest BCUT2D eigenvalue weighted by molar-refractivity contribution is -0.123. The van der Waals surface area contributed by atoms with Crippen LogP contribution in [0.15, 0.2) is 83.8 Å². The molecule has 3 rings (SSSR count). The van der Waals surface area contributed by atoms with E-state index in [2.05, 4.69) is 10.0 Å². The fourth-order valence-electron chi connectivity index (χ4n) is 3.16.